The maximum atomic E-state index is 12.4. The highest BCUT2D eigenvalue weighted by molar-refractivity contribution is 7.85. The molecule has 0 aromatic rings. The van der Waals surface area contributed by atoms with Gasteiger partial charge in [-0.05, 0) is 64.7 Å². The predicted molar refractivity (Wildman–Crippen MR) is 158 cm³/mol. The fraction of sp³-hybridized carbons (Fsp3) is 0.700. The largest absolute Gasteiger partial charge is 0.387 e. The first kappa shape index (κ1) is 36.3. The van der Waals surface area contributed by atoms with Crippen LogP contribution in [-0.4, -0.2) is 53.1 Å². The van der Waals surface area contributed by atoms with Crippen molar-refractivity contribution in [1.29, 1.82) is 0 Å². The average molecular weight is 556 g/mol. The van der Waals surface area contributed by atoms with Crippen molar-refractivity contribution in [2.45, 2.75) is 128 Å². The molecule has 0 aliphatic carbocycles. The van der Waals surface area contributed by atoms with Crippen LogP contribution in [0.5, 0.6) is 0 Å². The Morgan fingerprint density at radius 2 is 1.29 bits per heavy atom. The summed E-state index contributed by atoms with van der Waals surface area (Å²) in [7, 11) is -4.44. The van der Waals surface area contributed by atoms with Crippen LogP contribution >= 0.6 is 0 Å². The summed E-state index contributed by atoms with van der Waals surface area (Å²) >= 11 is 0. The van der Waals surface area contributed by atoms with Crippen molar-refractivity contribution in [3.63, 3.8) is 0 Å². The lowest BCUT2D eigenvalue weighted by Crippen LogP contribution is -2.50. The van der Waals surface area contributed by atoms with E-state index in [-0.39, 0.29) is 6.42 Å². The van der Waals surface area contributed by atoms with Gasteiger partial charge >= 0.3 is 0 Å². The van der Waals surface area contributed by atoms with Crippen molar-refractivity contribution in [1.82, 2.24) is 5.32 Å². The number of rotatable bonds is 24. The summed E-state index contributed by atoms with van der Waals surface area (Å²) in [4.78, 5) is 12.4. The van der Waals surface area contributed by atoms with Gasteiger partial charge < -0.3 is 15.5 Å². The number of aliphatic hydroxyl groups is 2. The standard InChI is InChI=1S/C30H53NO6S/c1-3-5-7-9-11-13-14-15-17-19-21-23-25-29(33)30(34)31-27(26-38(35,36)37)28(32)24-22-20-18-16-12-10-8-6-4-2/h4,6,12,15-17,22,24,27-29,32-33H,3,5,7-11,13-14,18-21,23,25-26H2,1-2H3,(H,31,34)(H,35,36,37)/b6-4+,16-12+,17-15-,24-22+. The van der Waals surface area contributed by atoms with Gasteiger partial charge in [-0.15, -0.1) is 0 Å². The number of nitrogens with one attached hydrogen (secondary N) is 1. The van der Waals surface area contributed by atoms with E-state index in [1.807, 2.05) is 19.1 Å². The van der Waals surface area contributed by atoms with Crippen molar-refractivity contribution < 1.29 is 28.0 Å². The van der Waals surface area contributed by atoms with Crippen LogP contribution in [0, 0.1) is 0 Å². The number of hydrogen-bond donors (Lipinski definition) is 4. The Morgan fingerprint density at radius 3 is 1.89 bits per heavy atom. The molecule has 0 radical (unpaired) electrons. The zero-order valence-corrected chi connectivity index (χ0v) is 24.5. The molecular weight excluding hydrogens is 502 g/mol. The molecule has 7 nitrogen and oxygen atoms in total. The Morgan fingerprint density at radius 1 is 0.763 bits per heavy atom. The fourth-order valence-electron chi connectivity index (χ4n) is 3.90. The Bertz CT molecular complexity index is 804. The summed E-state index contributed by atoms with van der Waals surface area (Å²) in [6.45, 7) is 4.20. The van der Waals surface area contributed by atoms with Gasteiger partial charge in [0.25, 0.3) is 10.1 Å². The van der Waals surface area contributed by atoms with Gasteiger partial charge in [0.1, 0.15) is 6.10 Å². The maximum Gasteiger partial charge on any atom is 0.267 e. The first-order chi connectivity index (χ1) is 18.2. The van der Waals surface area contributed by atoms with Crippen LogP contribution in [0.25, 0.3) is 0 Å². The molecular formula is C30H53NO6S. The van der Waals surface area contributed by atoms with Gasteiger partial charge in [-0.2, -0.15) is 8.42 Å². The molecule has 0 aromatic heterocycles. The molecule has 0 aliphatic rings. The van der Waals surface area contributed by atoms with Gasteiger partial charge in [0, 0.05) is 0 Å². The number of carbonyl (C=O) groups excluding carboxylic acids is 1. The van der Waals surface area contributed by atoms with E-state index in [0.29, 0.717) is 12.8 Å². The van der Waals surface area contributed by atoms with Crippen molar-refractivity contribution in [3.8, 4) is 0 Å². The maximum absolute atomic E-state index is 12.4. The Hall–Kier alpha value is -1.74. The third kappa shape index (κ3) is 23.4. The van der Waals surface area contributed by atoms with E-state index in [9.17, 15) is 28.0 Å². The molecule has 0 rings (SSSR count). The highest BCUT2D eigenvalue weighted by atomic mass is 32.2. The van der Waals surface area contributed by atoms with Gasteiger partial charge in [-0.1, -0.05) is 94.1 Å². The van der Waals surface area contributed by atoms with Crippen molar-refractivity contribution in [3.05, 3.63) is 48.6 Å². The van der Waals surface area contributed by atoms with Crippen LogP contribution in [0.3, 0.4) is 0 Å². The molecule has 0 heterocycles. The van der Waals surface area contributed by atoms with Crippen molar-refractivity contribution in [2.24, 2.45) is 0 Å². The minimum absolute atomic E-state index is 0.238. The van der Waals surface area contributed by atoms with Gasteiger partial charge in [0.05, 0.1) is 17.9 Å². The summed E-state index contributed by atoms with van der Waals surface area (Å²) in [6.07, 6.45) is 27.7. The van der Waals surface area contributed by atoms with E-state index in [4.69, 9.17) is 0 Å². The molecule has 8 heteroatoms. The summed E-state index contributed by atoms with van der Waals surface area (Å²) in [6, 6.07) is -1.26. The lowest BCUT2D eigenvalue weighted by molar-refractivity contribution is -0.130. The van der Waals surface area contributed by atoms with Gasteiger partial charge in [0.2, 0.25) is 5.91 Å². The molecule has 0 saturated carbocycles. The van der Waals surface area contributed by atoms with Crippen molar-refractivity contribution in [2.75, 3.05) is 5.75 Å². The smallest absolute Gasteiger partial charge is 0.267 e. The van der Waals surface area contributed by atoms with E-state index >= 15 is 0 Å². The van der Waals surface area contributed by atoms with E-state index in [2.05, 4.69) is 36.5 Å². The molecule has 38 heavy (non-hydrogen) atoms. The zero-order chi connectivity index (χ0) is 28.5. The second kappa shape index (κ2) is 24.3. The Balaban J connectivity index is 4.38. The minimum Gasteiger partial charge on any atom is -0.387 e. The molecule has 0 aromatic carbocycles. The monoisotopic (exact) mass is 555 g/mol. The van der Waals surface area contributed by atoms with Crippen LogP contribution in [0.15, 0.2) is 48.6 Å². The lowest BCUT2D eigenvalue weighted by Gasteiger charge is -2.22. The highest BCUT2D eigenvalue weighted by Gasteiger charge is 2.27. The normalized spacial score (nSPS) is 15.2. The van der Waals surface area contributed by atoms with E-state index < -0.39 is 40.0 Å². The summed E-state index contributed by atoms with van der Waals surface area (Å²) < 4.78 is 32.1. The molecule has 3 unspecified atom stereocenters. The number of hydrogen-bond acceptors (Lipinski definition) is 5. The zero-order valence-electron chi connectivity index (χ0n) is 23.6. The molecule has 4 N–H and O–H groups in total. The molecule has 3 atom stereocenters. The van der Waals surface area contributed by atoms with Gasteiger partial charge in [0.15, 0.2) is 0 Å². The fourth-order valence-corrected chi connectivity index (χ4v) is 4.63. The van der Waals surface area contributed by atoms with Gasteiger partial charge in [-0.25, -0.2) is 0 Å². The predicted octanol–water partition coefficient (Wildman–Crippen LogP) is 6.20. The quantitative estimate of drug-likeness (QED) is 0.0639. The average Bonchev–Trinajstić information content (AvgIpc) is 2.86. The first-order valence-corrected chi connectivity index (χ1v) is 16.0. The Labute approximate surface area is 231 Å². The SMILES string of the molecule is C/C=C/CC/C=C/CC/C=C/C(O)C(CS(=O)(=O)O)NC(=O)C(O)CCCC/C=C\CCCCCCCC. The van der Waals surface area contributed by atoms with Crippen LogP contribution in [0.2, 0.25) is 0 Å². The van der Waals surface area contributed by atoms with Crippen molar-refractivity contribution >= 4 is 16.0 Å². The number of unbranched alkanes of at least 4 members (excludes halogenated alkanes) is 10. The van der Waals surface area contributed by atoms with Gasteiger partial charge in [-0.3, -0.25) is 9.35 Å². The number of carbonyl (C=O) groups is 1. The molecule has 0 bridgehead atoms. The van der Waals surface area contributed by atoms with Crippen LogP contribution in [-0.2, 0) is 14.9 Å². The number of allylic oxidation sites excluding steroid dienone is 7. The highest BCUT2D eigenvalue weighted by Crippen LogP contribution is 2.10. The first-order valence-electron chi connectivity index (χ1n) is 14.4. The van der Waals surface area contributed by atoms with E-state index in [0.717, 1.165) is 38.5 Å². The number of aliphatic hydroxyl groups excluding tert-OH is 2. The van der Waals surface area contributed by atoms with Crippen LogP contribution < -0.4 is 5.32 Å². The van der Waals surface area contributed by atoms with Crippen LogP contribution in [0.1, 0.15) is 110 Å². The molecule has 0 spiro atoms. The van der Waals surface area contributed by atoms with E-state index in [1.54, 1.807) is 6.08 Å². The topological polar surface area (TPSA) is 124 Å². The minimum atomic E-state index is -4.44. The summed E-state index contributed by atoms with van der Waals surface area (Å²) in [5.74, 6) is -1.60. The molecule has 0 aliphatic heterocycles. The second-order valence-electron chi connectivity index (χ2n) is 9.81. The number of amides is 1. The molecule has 220 valence electrons. The molecule has 1 amide bonds. The van der Waals surface area contributed by atoms with Crippen LogP contribution in [0.4, 0.5) is 0 Å². The second-order valence-corrected chi connectivity index (χ2v) is 11.3. The third-order valence-electron chi connectivity index (χ3n) is 6.16. The van der Waals surface area contributed by atoms with E-state index in [1.165, 1.54) is 44.6 Å². The Kier molecular flexibility index (Phi) is 23.2. The summed E-state index contributed by atoms with van der Waals surface area (Å²) in [5.41, 5.74) is 0. The molecule has 0 fully saturated rings. The molecule has 0 saturated heterocycles. The lowest BCUT2D eigenvalue weighted by atomic mass is 10.1. The summed E-state index contributed by atoms with van der Waals surface area (Å²) in [5, 5.41) is 23.0. The third-order valence-corrected chi connectivity index (χ3v) is 6.94.